The number of methoxy groups -OCH3 is 1. The summed E-state index contributed by atoms with van der Waals surface area (Å²) >= 11 is 2.06. The molecule has 0 aliphatic carbocycles. The van der Waals surface area contributed by atoms with E-state index in [-0.39, 0.29) is 24.0 Å². The van der Waals surface area contributed by atoms with Crippen LogP contribution in [0.2, 0.25) is 0 Å². The van der Waals surface area contributed by atoms with E-state index < -0.39 is 0 Å². The van der Waals surface area contributed by atoms with Crippen LogP contribution in [-0.4, -0.2) is 67.7 Å². The highest BCUT2D eigenvalue weighted by Gasteiger charge is 2.29. The largest absolute Gasteiger partial charge is 0.497 e. The van der Waals surface area contributed by atoms with Crippen LogP contribution < -0.4 is 15.0 Å². The molecule has 1 N–H and O–H groups in total. The average molecular weight is 519 g/mol. The molecule has 2 heterocycles. The Labute approximate surface area is 191 Å². The Balaban J connectivity index is 0.00000280. The average Bonchev–Trinajstić information content (AvgIpc) is 3.13. The predicted octanol–water partition coefficient (Wildman–Crippen LogP) is 3.93. The second kappa shape index (κ2) is 10.8. The van der Waals surface area contributed by atoms with Gasteiger partial charge < -0.3 is 19.9 Å². The van der Waals surface area contributed by atoms with Crippen molar-refractivity contribution >= 4 is 47.4 Å². The van der Waals surface area contributed by atoms with Gasteiger partial charge in [0, 0.05) is 61.5 Å². The first-order valence-electron chi connectivity index (χ1n) is 10.1. The predicted molar refractivity (Wildman–Crippen MR) is 133 cm³/mol. The molecule has 3 rings (SSSR count). The number of aliphatic imine (C=N–C) groups is 1. The molecule has 1 atom stereocenters. The summed E-state index contributed by atoms with van der Waals surface area (Å²) < 4.78 is 5.66. The van der Waals surface area contributed by atoms with E-state index in [9.17, 15) is 0 Å². The molecular weight excluding hydrogens is 483 g/mol. The minimum absolute atomic E-state index is 0. The van der Waals surface area contributed by atoms with Gasteiger partial charge in [0.1, 0.15) is 5.75 Å². The molecule has 0 spiro atoms. The summed E-state index contributed by atoms with van der Waals surface area (Å²) in [7, 11) is 1.73. The molecular formula is C21H35IN4OS. The van der Waals surface area contributed by atoms with Crippen LogP contribution >= 0.6 is 35.7 Å². The summed E-state index contributed by atoms with van der Waals surface area (Å²) in [5.41, 5.74) is 1.25. The molecule has 28 heavy (non-hydrogen) atoms. The van der Waals surface area contributed by atoms with Crippen molar-refractivity contribution in [3.05, 3.63) is 24.3 Å². The number of anilines is 1. The van der Waals surface area contributed by atoms with E-state index in [1.165, 1.54) is 17.9 Å². The van der Waals surface area contributed by atoms with E-state index in [2.05, 4.69) is 65.8 Å². The van der Waals surface area contributed by atoms with Gasteiger partial charge in [0.2, 0.25) is 0 Å². The van der Waals surface area contributed by atoms with Gasteiger partial charge in [-0.15, -0.1) is 24.0 Å². The third kappa shape index (κ3) is 6.34. The van der Waals surface area contributed by atoms with E-state index in [1.54, 1.807) is 7.11 Å². The molecule has 5 nitrogen and oxygen atoms in total. The Kier molecular flexibility index (Phi) is 9.05. The zero-order valence-electron chi connectivity index (χ0n) is 17.6. The van der Waals surface area contributed by atoms with E-state index in [0.717, 1.165) is 51.0 Å². The lowest BCUT2D eigenvalue weighted by molar-refractivity contribution is 0.374. The van der Waals surface area contributed by atoms with Crippen molar-refractivity contribution in [3.8, 4) is 5.75 Å². The Bertz CT molecular complexity index is 655. The first-order valence-corrected chi connectivity index (χ1v) is 11.1. The van der Waals surface area contributed by atoms with Crippen LogP contribution in [0, 0.1) is 5.92 Å². The number of guanidine groups is 1. The van der Waals surface area contributed by atoms with Crippen molar-refractivity contribution in [1.82, 2.24) is 10.2 Å². The highest BCUT2D eigenvalue weighted by atomic mass is 127. The third-order valence-electron chi connectivity index (χ3n) is 5.26. The Morgan fingerprint density at radius 2 is 2.18 bits per heavy atom. The number of benzene rings is 1. The molecule has 0 amide bonds. The molecule has 0 aromatic heterocycles. The molecule has 1 aromatic rings. The molecule has 7 heteroatoms. The normalized spacial score (nSPS) is 22.0. The summed E-state index contributed by atoms with van der Waals surface area (Å²) in [6.07, 6.45) is 1.20. The number of hydrogen-bond donors (Lipinski definition) is 1. The lowest BCUT2D eigenvalue weighted by atomic mass is 10.1. The number of hydrogen-bond acceptors (Lipinski definition) is 4. The number of halogens is 1. The van der Waals surface area contributed by atoms with Crippen molar-refractivity contribution in [2.75, 3.05) is 57.0 Å². The van der Waals surface area contributed by atoms with Crippen molar-refractivity contribution in [3.63, 3.8) is 0 Å². The van der Waals surface area contributed by atoms with E-state index in [0.29, 0.717) is 10.7 Å². The summed E-state index contributed by atoms with van der Waals surface area (Å²) in [6, 6.07) is 8.37. The molecule has 0 bridgehead atoms. The zero-order valence-corrected chi connectivity index (χ0v) is 20.8. The van der Waals surface area contributed by atoms with Crippen LogP contribution in [0.15, 0.2) is 29.3 Å². The van der Waals surface area contributed by atoms with Gasteiger partial charge in [0.05, 0.1) is 7.11 Å². The molecule has 158 valence electrons. The van der Waals surface area contributed by atoms with Crippen molar-refractivity contribution in [2.45, 2.75) is 31.9 Å². The first-order chi connectivity index (χ1) is 13.0. The highest BCUT2D eigenvalue weighted by Crippen LogP contribution is 2.30. The Hall–Kier alpha value is -0.830. The second-order valence-electron chi connectivity index (χ2n) is 8.03. The van der Waals surface area contributed by atoms with Gasteiger partial charge in [-0.2, -0.15) is 11.8 Å². The van der Waals surface area contributed by atoms with Gasteiger partial charge in [-0.3, -0.25) is 4.99 Å². The van der Waals surface area contributed by atoms with Crippen molar-refractivity contribution in [2.24, 2.45) is 10.9 Å². The number of ether oxygens (including phenoxy) is 1. The van der Waals surface area contributed by atoms with Crippen LogP contribution in [0.3, 0.4) is 0 Å². The number of nitrogens with zero attached hydrogens (tertiary/aromatic N) is 3. The molecule has 0 radical (unpaired) electrons. The fourth-order valence-corrected chi connectivity index (χ4v) is 4.97. The molecule has 2 aliphatic rings. The molecule has 2 aliphatic heterocycles. The van der Waals surface area contributed by atoms with Gasteiger partial charge in [-0.25, -0.2) is 0 Å². The lowest BCUT2D eigenvalue weighted by Crippen LogP contribution is -2.51. The molecule has 2 fully saturated rings. The van der Waals surface area contributed by atoms with Crippen molar-refractivity contribution < 1.29 is 4.74 Å². The SMILES string of the molecule is CCNC(=NCC1CCN(c2cccc(OC)c2)C1)N1CCSC(C)(C)C1.I. The zero-order chi connectivity index (χ0) is 19.3. The smallest absolute Gasteiger partial charge is 0.193 e. The standard InChI is InChI=1S/C21H34N4OS.HI/c1-5-22-20(25-11-12-27-21(2,3)16-25)23-14-17-9-10-24(15-17)18-7-6-8-19(13-18)26-4;/h6-8,13,17H,5,9-12,14-16H2,1-4H3,(H,22,23);1H. The Morgan fingerprint density at radius 3 is 2.89 bits per heavy atom. The molecule has 2 saturated heterocycles. The quantitative estimate of drug-likeness (QED) is 0.364. The van der Waals surface area contributed by atoms with E-state index in [4.69, 9.17) is 9.73 Å². The van der Waals surface area contributed by atoms with Gasteiger partial charge in [-0.1, -0.05) is 6.07 Å². The number of rotatable bonds is 5. The lowest BCUT2D eigenvalue weighted by Gasteiger charge is -2.39. The minimum atomic E-state index is 0. The van der Waals surface area contributed by atoms with Crippen LogP contribution in [0.4, 0.5) is 5.69 Å². The highest BCUT2D eigenvalue weighted by molar-refractivity contribution is 14.0. The fraction of sp³-hybridized carbons (Fsp3) is 0.667. The maximum Gasteiger partial charge on any atom is 0.193 e. The monoisotopic (exact) mass is 518 g/mol. The molecule has 0 saturated carbocycles. The fourth-order valence-electron chi connectivity index (χ4n) is 3.86. The summed E-state index contributed by atoms with van der Waals surface area (Å²) in [4.78, 5) is 9.91. The van der Waals surface area contributed by atoms with Crippen LogP contribution in [0.1, 0.15) is 27.2 Å². The second-order valence-corrected chi connectivity index (χ2v) is 9.83. The van der Waals surface area contributed by atoms with Gasteiger partial charge in [0.25, 0.3) is 0 Å². The van der Waals surface area contributed by atoms with E-state index >= 15 is 0 Å². The van der Waals surface area contributed by atoms with E-state index in [1.807, 2.05) is 6.07 Å². The summed E-state index contributed by atoms with van der Waals surface area (Å²) in [5.74, 6) is 3.79. The Morgan fingerprint density at radius 1 is 1.36 bits per heavy atom. The maximum absolute atomic E-state index is 5.37. The summed E-state index contributed by atoms with van der Waals surface area (Å²) in [5, 5.41) is 3.51. The van der Waals surface area contributed by atoms with Gasteiger partial charge in [0.15, 0.2) is 5.96 Å². The maximum atomic E-state index is 5.37. The van der Waals surface area contributed by atoms with Gasteiger partial charge in [-0.05, 0) is 45.2 Å². The minimum Gasteiger partial charge on any atom is -0.497 e. The third-order valence-corrected chi connectivity index (χ3v) is 6.56. The first kappa shape index (κ1) is 23.4. The van der Waals surface area contributed by atoms with Crippen LogP contribution in [0.25, 0.3) is 0 Å². The number of nitrogens with one attached hydrogen (secondary N) is 1. The molecule has 1 aromatic carbocycles. The van der Waals surface area contributed by atoms with Crippen molar-refractivity contribution in [1.29, 1.82) is 0 Å². The molecule has 1 unspecified atom stereocenters. The van der Waals surface area contributed by atoms with Gasteiger partial charge >= 0.3 is 0 Å². The topological polar surface area (TPSA) is 40.1 Å². The van der Waals surface area contributed by atoms with Crippen LogP contribution in [0.5, 0.6) is 5.75 Å². The number of thioether (sulfide) groups is 1. The van der Waals surface area contributed by atoms with Crippen LogP contribution in [-0.2, 0) is 0 Å². The summed E-state index contributed by atoms with van der Waals surface area (Å²) in [6.45, 7) is 12.9.